The molecule has 1 saturated heterocycles. The van der Waals surface area contributed by atoms with E-state index in [2.05, 4.69) is 4.74 Å². The number of carbonyl (C=O) groups excluding carboxylic acids is 1. The lowest BCUT2D eigenvalue weighted by molar-refractivity contribution is -0.152. The first-order valence-electron chi connectivity index (χ1n) is 4.71. The molecule has 0 amide bonds. The maximum Gasteiger partial charge on any atom is 0.305 e. The van der Waals surface area contributed by atoms with Gasteiger partial charge < -0.3 is 24.4 Å². The van der Waals surface area contributed by atoms with Gasteiger partial charge in [0.1, 0.15) is 12.2 Å². The Morgan fingerprint density at radius 2 is 2.00 bits per heavy atom. The van der Waals surface area contributed by atoms with E-state index in [0.29, 0.717) is 6.42 Å². The molecule has 0 spiro atoms. The third-order valence-corrected chi connectivity index (χ3v) is 2.41. The Kier molecular flexibility index (Phi) is 4.46. The van der Waals surface area contributed by atoms with Gasteiger partial charge in [-0.05, 0) is 6.42 Å². The zero-order valence-corrected chi connectivity index (χ0v) is 8.75. The van der Waals surface area contributed by atoms with Crippen molar-refractivity contribution < 1.29 is 29.2 Å². The van der Waals surface area contributed by atoms with Gasteiger partial charge in [-0.2, -0.15) is 0 Å². The molecule has 0 saturated carbocycles. The summed E-state index contributed by atoms with van der Waals surface area (Å²) in [6.07, 6.45) is -3.09. The molecule has 0 bridgehead atoms. The van der Waals surface area contributed by atoms with Crippen molar-refractivity contribution in [3.63, 3.8) is 0 Å². The lowest BCUT2D eigenvalue weighted by Gasteiger charge is -2.12. The van der Waals surface area contributed by atoms with E-state index in [-0.39, 0.29) is 12.4 Å². The number of rotatable bonds is 4. The maximum absolute atomic E-state index is 10.9. The molecule has 0 aromatic carbocycles. The van der Waals surface area contributed by atoms with Gasteiger partial charge in [0, 0.05) is 13.5 Å². The fraction of sp³-hybridized carbons (Fsp3) is 0.889. The van der Waals surface area contributed by atoms with Crippen molar-refractivity contribution in [3.8, 4) is 0 Å². The molecule has 0 radical (unpaired) electrons. The van der Waals surface area contributed by atoms with Gasteiger partial charge in [-0.25, -0.2) is 0 Å². The number of hydrogen-bond donors (Lipinski definition) is 2. The van der Waals surface area contributed by atoms with Gasteiger partial charge in [-0.1, -0.05) is 0 Å². The Balaban J connectivity index is 2.40. The van der Waals surface area contributed by atoms with Crippen LogP contribution < -0.4 is 0 Å². The predicted octanol–water partition coefficient (Wildman–Crippen LogP) is -0.967. The van der Waals surface area contributed by atoms with Crippen molar-refractivity contribution in [2.24, 2.45) is 0 Å². The van der Waals surface area contributed by atoms with Gasteiger partial charge in [0.2, 0.25) is 0 Å². The monoisotopic (exact) mass is 220 g/mol. The van der Waals surface area contributed by atoms with Gasteiger partial charge in [0.15, 0.2) is 6.29 Å². The molecule has 88 valence electrons. The van der Waals surface area contributed by atoms with E-state index in [1.54, 1.807) is 0 Å². The molecular weight excluding hydrogens is 204 g/mol. The topological polar surface area (TPSA) is 85.2 Å². The number of hydrogen-bond acceptors (Lipinski definition) is 6. The summed E-state index contributed by atoms with van der Waals surface area (Å²) in [5.41, 5.74) is 0. The quantitative estimate of drug-likeness (QED) is 0.593. The first-order valence-corrected chi connectivity index (χ1v) is 4.71. The van der Waals surface area contributed by atoms with Crippen LogP contribution in [0.3, 0.4) is 0 Å². The predicted molar refractivity (Wildman–Crippen MR) is 48.9 cm³/mol. The Bertz CT molecular complexity index is 219. The van der Waals surface area contributed by atoms with E-state index in [9.17, 15) is 15.0 Å². The fourth-order valence-corrected chi connectivity index (χ4v) is 1.51. The molecule has 4 atom stereocenters. The highest BCUT2D eigenvalue weighted by atomic mass is 16.7. The van der Waals surface area contributed by atoms with E-state index >= 15 is 0 Å². The second-order valence-corrected chi connectivity index (χ2v) is 3.37. The molecule has 1 heterocycles. The van der Waals surface area contributed by atoms with Crippen LogP contribution in [0, 0.1) is 0 Å². The number of esters is 1. The molecule has 1 aliphatic heterocycles. The Morgan fingerprint density at radius 1 is 1.33 bits per heavy atom. The van der Waals surface area contributed by atoms with E-state index in [0.717, 1.165) is 0 Å². The standard InChI is InChI=1S/C9H16O6/c1-13-6(10)4-3-5-7(11)8(12)9(14-2)15-5/h5,7-9,11-12H,3-4H2,1-2H3/t5-,7-,8+,9-/m1/s1. The van der Waals surface area contributed by atoms with E-state index in [1.165, 1.54) is 14.2 Å². The first kappa shape index (κ1) is 12.4. The number of aliphatic hydroxyl groups excluding tert-OH is 2. The Labute approximate surface area is 87.7 Å². The summed E-state index contributed by atoms with van der Waals surface area (Å²) in [5, 5.41) is 19.0. The maximum atomic E-state index is 10.9. The van der Waals surface area contributed by atoms with Crippen molar-refractivity contribution in [3.05, 3.63) is 0 Å². The van der Waals surface area contributed by atoms with Crippen LogP contribution in [-0.2, 0) is 19.0 Å². The molecule has 0 unspecified atom stereocenters. The summed E-state index contributed by atoms with van der Waals surface area (Å²) in [6.45, 7) is 0. The molecule has 2 N–H and O–H groups in total. The molecule has 0 aliphatic carbocycles. The number of ether oxygens (including phenoxy) is 3. The third-order valence-electron chi connectivity index (χ3n) is 2.41. The molecule has 6 heteroatoms. The minimum absolute atomic E-state index is 0.140. The van der Waals surface area contributed by atoms with Crippen LogP contribution in [0.25, 0.3) is 0 Å². The zero-order chi connectivity index (χ0) is 11.4. The molecule has 1 fully saturated rings. The molecule has 1 rings (SSSR count). The second kappa shape index (κ2) is 5.41. The SMILES string of the molecule is COC(=O)CC[C@H]1O[C@@H](OC)[C@@H](O)[C@@H]1O. The summed E-state index contributed by atoms with van der Waals surface area (Å²) in [7, 11) is 2.67. The minimum atomic E-state index is -1.07. The zero-order valence-electron chi connectivity index (χ0n) is 8.75. The lowest BCUT2D eigenvalue weighted by Crippen LogP contribution is -2.33. The normalized spacial score (nSPS) is 35.5. The van der Waals surface area contributed by atoms with Crippen molar-refractivity contribution >= 4 is 5.97 Å². The summed E-state index contributed by atoms with van der Waals surface area (Å²) in [6, 6.07) is 0. The molecule has 15 heavy (non-hydrogen) atoms. The average molecular weight is 220 g/mol. The summed E-state index contributed by atoms with van der Waals surface area (Å²) in [5.74, 6) is -0.374. The van der Waals surface area contributed by atoms with E-state index in [1.807, 2.05) is 0 Å². The van der Waals surface area contributed by atoms with Gasteiger partial charge >= 0.3 is 5.97 Å². The average Bonchev–Trinajstić information content (AvgIpc) is 2.52. The van der Waals surface area contributed by atoms with Crippen LogP contribution in [0.15, 0.2) is 0 Å². The minimum Gasteiger partial charge on any atom is -0.469 e. The van der Waals surface area contributed by atoms with Crippen molar-refractivity contribution in [1.29, 1.82) is 0 Å². The van der Waals surface area contributed by atoms with Crippen molar-refractivity contribution in [2.75, 3.05) is 14.2 Å². The van der Waals surface area contributed by atoms with Crippen LogP contribution in [0.4, 0.5) is 0 Å². The van der Waals surface area contributed by atoms with Crippen LogP contribution in [0.2, 0.25) is 0 Å². The first-order chi connectivity index (χ1) is 7.10. The lowest BCUT2D eigenvalue weighted by atomic mass is 10.1. The Hall–Kier alpha value is -0.690. The number of methoxy groups -OCH3 is 2. The van der Waals surface area contributed by atoms with Gasteiger partial charge in [-0.15, -0.1) is 0 Å². The largest absolute Gasteiger partial charge is 0.469 e. The highest BCUT2D eigenvalue weighted by molar-refractivity contribution is 5.69. The molecule has 0 aromatic heterocycles. The van der Waals surface area contributed by atoms with Gasteiger partial charge in [0.25, 0.3) is 0 Å². The van der Waals surface area contributed by atoms with Crippen LogP contribution in [-0.4, -0.2) is 55.0 Å². The fourth-order valence-electron chi connectivity index (χ4n) is 1.51. The smallest absolute Gasteiger partial charge is 0.305 e. The van der Waals surface area contributed by atoms with Crippen molar-refractivity contribution in [1.82, 2.24) is 0 Å². The van der Waals surface area contributed by atoms with Crippen LogP contribution in [0.5, 0.6) is 0 Å². The van der Waals surface area contributed by atoms with Gasteiger partial charge in [0.05, 0.1) is 13.2 Å². The van der Waals surface area contributed by atoms with Crippen LogP contribution in [0.1, 0.15) is 12.8 Å². The van der Waals surface area contributed by atoms with E-state index in [4.69, 9.17) is 9.47 Å². The number of aliphatic hydroxyl groups is 2. The van der Waals surface area contributed by atoms with Crippen LogP contribution >= 0.6 is 0 Å². The Morgan fingerprint density at radius 3 is 2.47 bits per heavy atom. The van der Waals surface area contributed by atoms with Crippen molar-refractivity contribution in [2.45, 2.75) is 37.4 Å². The summed E-state index contributed by atoms with van der Waals surface area (Å²) < 4.78 is 14.5. The van der Waals surface area contributed by atoms with Gasteiger partial charge in [-0.3, -0.25) is 4.79 Å². The number of carbonyl (C=O) groups is 1. The van der Waals surface area contributed by atoms with E-state index < -0.39 is 24.6 Å². The molecular formula is C9H16O6. The second-order valence-electron chi connectivity index (χ2n) is 3.37. The third kappa shape index (κ3) is 2.88. The molecule has 1 aliphatic rings. The highest BCUT2D eigenvalue weighted by Gasteiger charge is 2.42. The summed E-state index contributed by atoms with van der Waals surface area (Å²) in [4.78, 5) is 10.9. The molecule has 0 aromatic rings. The molecule has 6 nitrogen and oxygen atoms in total. The highest BCUT2D eigenvalue weighted by Crippen LogP contribution is 2.24. The summed E-state index contributed by atoms with van der Waals surface area (Å²) >= 11 is 0.